The Balaban J connectivity index is 1.58. The molecule has 1 aromatic heterocycles. The van der Waals surface area contributed by atoms with Crippen molar-refractivity contribution in [3.05, 3.63) is 47.9 Å². The number of nitrogens with one attached hydrogen (secondary N) is 1. The van der Waals surface area contributed by atoms with Crippen LogP contribution in [0.3, 0.4) is 0 Å². The summed E-state index contributed by atoms with van der Waals surface area (Å²) in [5.74, 6) is 2.16. The number of carbonyl (C=O) groups excluding carboxylic acids is 1. The monoisotopic (exact) mass is 286 g/mol. The molecule has 1 aromatic carbocycles. The van der Waals surface area contributed by atoms with Crippen molar-refractivity contribution in [2.45, 2.75) is 13.0 Å². The Kier molecular flexibility index (Phi) is 3.59. The van der Waals surface area contributed by atoms with E-state index >= 15 is 0 Å². The molecule has 1 aliphatic heterocycles. The van der Waals surface area contributed by atoms with Crippen molar-refractivity contribution >= 4 is 12.1 Å². The van der Waals surface area contributed by atoms with Gasteiger partial charge in [-0.2, -0.15) is 5.10 Å². The smallest absolute Gasteiger partial charge is 0.284 e. The number of aryl methyl sites for hydroxylation is 1. The maximum atomic E-state index is 11.9. The molecule has 0 saturated heterocycles. The number of hydrogen-bond acceptors (Lipinski definition) is 5. The van der Waals surface area contributed by atoms with Crippen LogP contribution in [0.5, 0.6) is 11.5 Å². The number of furan rings is 1. The normalized spacial score (nSPS) is 16.9. The van der Waals surface area contributed by atoms with Gasteiger partial charge in [0, 0.05) is 0 Å². The van der Waals surface area contributed by atoms with Gasteiger partial charge in [0.2, 0.25) is 6.10 Å². The molecule has 21 heavy (non-hydrogen) atoms. The van der Waals surface area contributed by atoms with Crippen molar-refractivity contribution in [3.8, 4) is 11.5 Å². The van der Waals surface area contributed by atoms with E-state index in [1.165, 1.54) is 6.21 Å². The molecule has 0 bridgehead atoms. The Morgan fingerprint density at radius 3 is 2.86 bits per heavy atom. The van der Waals surface area contributed by atoms with E-state index in [0.717, 1.165) is 5.76 Å². The van der Waals surface area contributed by atoms with Crippen LogP contribution in [0.4, 0.5) is 0 Å². The molecule has 0 fully saturated rings. The van der Waals surface area contributed by atoms with E-state index in [2.05, 4.69) is 10.5 Å². The van der Waals surface area contributed by atoms with Crippen LogP contribution < -0.4 is 14.9 Å². The van der Waals surface area contributed by atoms with Gasteiger partial charge in [0.25, 0.3) is 5.91 Å². The first-order chi connectivity index (χ1) is 10.2. The minimum absolute atomic E-state index is 0.151. The fourth-order valence-electron chi connectivity index (χ4n) is 1.90. The zero-order valence-electron chi connectivity index (χ0n) is 11.4. The number of hydrogen-bond donors (Lipinski definition) is 1. The topological polar surface area (TPSA) is 73.1 Å². The summed E-state index contributed by atoms with van der Waals surface area (Å²) in [6, 6.07) is 10.8. The van der Waals surface area contributed by atoms with Crippen molar-refractivity contribution in [1.82, 2.24) is 5.43 Å². The molecule has 2 aromatic rings. The number of rotatable bonds is 3. The molecule has 6 nitrogen and oxygen atoms in total. The molecule has 0 radical (unpaired) electrons. The summed E-state index contributed by atoms with van der Waals surface area (Å²) in [6.07, 6.45) is 0.707. The first kappa shape index (κ1) is 13.2. The summed E-state index contributed by atoms with van der Waals surface area (Å²) in [5.41, 5.74) is 2.41. The highest BCUT2D eigenvalue weighted by Crippen LogP contribution is 2.30. The fourth-order valence-corrected chi connectivity index (χ4v) is 1.90. The molecule has 0 aliphatic carbocycles. The number of fused-ring (bicyclic) bond motifs is 1. The molecule has 0 unspecified atom stereocenters. The molecule has 1 aliphatic rings. The predicted molar refractivity (Wildman–Crippen MR) is 75.5 cm³/mol. The van der Waals surface area contributed by atoms with Gasteiger partial charge in [-0.1, -0.05) is 12.1 Å². The maximum absolute atomic E-state index is 11.9. The third-order valence-electron chi connectivity index (χ3n) is 2.93. The lowest BCUT2D eigenvalue weighted by molar-refractivity contribution is -0.130. The van der Waals surface area contributed by atoms with Crippen LogP contribution >= 0.6 is 0 Å². The Bertz CT molecular complexity index is 678. The summed E-state index contributed by atoms with van der Waals surface area (Å²) in [6.45, 7) is 1.98. The summed E-state index contributed by atoms with van der Waals surface area (Å²) >= 11 is 0. The third-order valence-corrected chi connectivity index (χ3v) is 2.93. The first-order valence-corrected chi connectivity index (χ1v) is 6.50. The molecule has 2 heterocycles. The minimum atomic E-state index is -0.726. The van der Waals surface area contributed by atoms with Crippen LogP contribution in [0, 0.1) is 6.92 Å². The van der Waals surface area contributed by atoms with E-state index < -0.39 is 6.10 Å². The summed E-state index contributed by atoms with van der Waals surface area (Å²) in [4.78, 5) is 11.9. The number of benzene rings is 1. The van der Waals surface area contributed by atoms with E-state index in [-0.39, 0.29) is 12.5 Å². The van der Waals surface area contributed by atoms with Crippen LogP contribution in [0.1, 0.15) is 11.5 Å². The molecule has 0 saturated carbocycles. The van der Waals surface area contributed by atoms with Gasteiger partial charge in [0.15, 0.2) is 11.5 Å². The molecule has 3 rings (SSSR count). The highest BCUT2D eigenvalue weighted by atomic mass is 16.6. The van der Waals surface area contributed by atoms with E-state index in [9.17, 15) is 4.79 Å². The third kappa shape index (κ3) is 3.05. The molecule has 1 atom stereocenters. The molecule has 108 valence electrons. The largest absolute Gasteiger partial charge is 0.485 e. The second kappa shape index (κ2) is 5.70. The maximum Gasteiger partial charge on any atom is 0.284 e. The van der Waals surface area contributed by atoms with Gasteiger partial charge >= 0.3 is 0 Å². The number of carbonyl (C=O) groups is 1. The Labute approximate surface area is 121 Å². The van der Waals surface area contributed by atoms with E-state index in [1.807, 2.05) is 25.1 Å². The van der Waals surface area contributed by atoms with Gasteiger partial charge in [0.05, 0.1) is 6.21 Å². The van der Waals surface area contributed by atoms with Crippen molar-refractivity contribution in [3.63, 3.8) is 0 Å². The number of ether oxygens (including phenoxy) is 2. The lowest BCUT2D eigenvalue weighted by atomic mass is 10.2. The zero-order chi connectivity index (χ0) is 14.7. The van der Waals surface area contributed by atoms with Crippen LogP contribution in [0.15, 0.2) is 45.9 Å². The quantitative estimate of drug-likeness (QED) is 0.690. The number of amides is 1. The van der Waals surface area contributed by atoms with E-state index in [0.29, 0.717) is 17.3 Å². The Hall–Kier alpha value is -2.76. The molecule has 0 spiro atoms. The number of hydrazone groups is 1. The molecule has 1 N–H and O–H groups in total. The van der Waals surface area contributed by atoms with Gasteiger partial charge in [-0.3, -0.25) is 4.79 Å². The Morgan fingerprint density at radius 1 is 1.29 bits per heavy atom. The number of nitrogens with zero attached hydrogens (tertiary/aromatic N) is 1. The highest BCUT2D eigenvalue weighted by molar-refractivity contribution is 5.83. The second-order valence-corrected chi connectivity index (χ2v) is 4.55. The van der Waals surface area contributed by atoms with Crippen LogP contribution in [0.2, 0.25) is 0 Å². The summed E-state index contributed by atoms with van der Waals surface area (Å²) in [5, 5.41) is 3.83. The SMILES string of the molecule is Cc1ccc(C=NNC(=O)[C@H]2COc3ccccc3O2)o1. The van der Waals surface area contributed by atoms with E-state index in [4.69, 9.17) is 13.9 Å². The summed E-state index contributed by atoms with van der Waals surface area (Å²) < 4.78 is 16.3. The van der Waals surface area contributed by atoms with Gasteiger partial charge in [0.1, 0.15) is 18.1 Å². The average molecular weight is 286 g/mol. The molecule has 1 amide bonds. The molecule has 6 heteroatoms. The molecular formula is C15H14N2O4. The standard InChI is InChI=1S/C15H14N2O4/c1-10-6-7-11(20-10)8-16-17-15(18)14-9-19-12-4-2-3-5-13(12)21-14/h2-8,14H,9H2,1H3,(H,17,18)/t14-/m1/s1. The van der Waals surface area contributed by atoms with Crippen LogP contribution in [0.25, 0.3) is 0 Å². The van der Waals surface area contributed by atoms with Crippen LogP contribution in [-0.2, 0) is 4.79 Å². The second-order valence-electron chi connectivity index (χ2n) is 4.55. The fraction of sp³-hybridized carbons (Fsp3) is 0.200. The zero-order valence-corrected chi connectivity index (χ0v) is 11.4. The minimum Gasteiger partial charge on any atom is -0.485 e. The van der Waals surface area contributed by atoms with Gasteiger partial charge < -0.3 is 13.9 Å². The van der Waals surface area contributed by atoms with Crippen LogP contribution in [-0.4, -0.2) is 24.8 Å². The lowest BCUT2D eigenvalue weighted by Crippen LogP contribution is -2.42. The van der Waals surface area contributed by atoms with E-state index in [1.54, 1.807) is 18.2 Å². The Morgan fingerprint density at radius 2 is 2.10 bits per heavy atom. The van der Waals surface area contributed by atoms with Crippen molar-refractivity contribution < 1.29 is 18.7 Å². The lowest BCUT2D eigenvalue weighted by Gasteiger charge is -2.24. The molecular weight excluding hydrogens is 272 g/mol. The van der Waals surface area contributed by atoms with Gasteiger partial charge in [-0.15, -0.1) is 0 Å². The van der Waals surface area contributed by atoms with Gasteiger partial charge in [-0.05, 0) is 31.2 Å². The first-order valence-electron chi connectivity index (χ1n) is 6.50. The number of para-hydroxylation sites is 2. The highest BCUT2D eigenvalue weighted by Gasteiger charge is 2.26. The van der Waals surface area contributed by atoms with Crippen molar-refractivity contribution in [2.24, 2.45) is 5.10 Å². The van der Waals surface area contributed by atoms with Gasteiger partial charge in [-0.25, -0.2) is 5.43 Å². The van der Waals surface area contributed by atoms with Crippen molar-refractivity contribution in [2.75, 3.05) is 6.61 Å². The predicted octanol–water partition coefficient (Wildman–Crippen LogP) is 1.88. The van der Waals surface area contributed by atoms with Crippen molar-refractivity contribution in [1.29, 1.82) is 0 Å². The summed E-state index contributed by atoms with van der Waals surface area (Å²) in [7, 11) is 0. The average Bonchev–Trinajstić information content (AvgIpc) is 2.92.